The van der Waals surface area contributed by atoms with Gasteiger partial charge in [0.2, 0.25) is 17.6 Å². The molecule has 3 rings (SSSR count). The molecule has 0 fully saturated rings. The highest BCUT2D eigenvalue weighted by Crippen LogP contribution is 2.19. The summed E-state index contributed by atoms with van der Waals surface area (Å²) in [5.41, 5.74) is 2.72. The van der Waals surface area contributed by atoms with Gasteiger partial charge in [0.1, 0.15) is 0 Å². The molecule has 27 heavy (non-hydrogen) atoms. The first kappa shape index (κ1) is 18.9. The SMILES string of the molecule is CC(C)NC(=O)Cc1ccc(NCc2nc(-c3ccc(Cl)cc3)no2)cc1. The number of nitrogens with one attached hydrogen (secondary N) is 2. The van der Waals surface area contributed by atoms with E-state index >= 15 is 0 Å². The van der Waals surface area contributed by atoms with Crippen LogP contribution >= 0.6 is 11.6 Å². The van der Waals surface area contributed by atoms with Crippen LogP contribution in [0, 0.1) is 0 Å². The van der Waals surface area contributed by atoms with Crippen LogP contribution in [-0.4, -0.2) is 22.1 Å². The van der Waals surface area contributed by atoms with Crippen LogP contribution in [0.5, 0.6) is 0 Å². The Kier molecular flexibility index (Phi) is 6.08. The Morgan fingerprint density at radius 2 is 1.81 bits per heavy atom. The summed E-state index contributed by atoms with van der Waals surface area (Å²) in [6, 6.07) is 15.1. The molecule has 1 amide bonds. The van der Waals surface area contributed by atoms with Crippen LogP contribution < -0.4 is 10.6 Å². The number of halogens is 1. The Balaban J connectivity index is 1.54. The van der Waals surface area contributed by atoms with Crippen LogP contribution in [-0.2, 0) is 17.8 Å². The average Bonchev–Trinajstić information content (AvgIpc) is 3.10. The Bertz CT molecular complexity index is 889. The predicted octanol–water partition coefficient (Wildman–Crippen LogP) is 4.07. The highest BCUT2D eigenvalue weighted by atomic mass is 35.5. The van der Waals surface area contributed by atoms with Crippen LogP contribution in [0.25, 0.3) is 11.4 Å². The van der Waals surface area contributed by atoms with E-state index in [0.29, 0.717) is 29.7 Å². The van der Waals surface area contributed by atoms with Crippen LogP contribution in [0.15, 0.2) is 53.1 Å². The Morgan fingerprint density at radius 1 is 1.11 bits per heavy atom. The molecule has 7 heteroatoms. The maximum absolute atomic E-state index is 11.8. The maximum atomic E-state index is 11.8. The summed E-state index contributed by atoms with van der Waals surface area (Å²) in [6.07, 6.45) is 0.368. The van der Waals surface area contributed by atoms with Gasteiger partial charge in [0, 0.05) is 22.3 Å². The van der Waals surface area contributed by atoms with E-state index in [0.717, 1.165) is 16.8 Å². The summed E-state index contributed by atoms with van der Waals surface area (Å²) >= 11 is 5.89. The molecule has 0 spiro atoms. The molecule has 1 aromatic heterocycles. The molecule has 140 valence electrons. The Morgan fingerprint density at radius 3 is 2.48 bits per heavy atom. The molecule has 1 heterocycles. The van der Waals surface area contributed by atoms with E-state index in [-0.39, 0.29) is 11.9 Å². The van der Waals surface area contributed by atoms with Crippen molar-refractivity contribution in [1.82, 2.24) is 15.5 Å². The zero-order valence-electron chi connectivity index (χ0n) is 15.2. The van der Waals surface area contributed by atoms with Crippen molar-refractivity contribution in [3.05, 3.63) is 65.0 Å². The van der Waals surface area contributed by atoms with Gasteiger partial charge in [0.05, 0.1) is 13.0 Å². The van der Waals surface area contributed by atoms with Crippen molar-refractivity contribution < 1.29 is 9.32 Å². The molecule has 0 aliphatic heterocycles. The first-order chi connectivity index (χ1) is 13.0. The van der Waals surface area contributed by atoms with Crippen molar-refractivity contribution in [2.45, 2.75) is 32.9 Å². The van der Waals surface area contributed by atoms with E-state index in [1.165, 1.54) is 0 Å². The largest absolute Gasteiger partial charge is 0.376 e. The van der Waals surface area contributed by atoms with Gasteiger partial charge in [0.15, 0.2) is 0 Å². The van der Waals surface area contributed by atoms with E-state index in [2.05, 4.69) is 20.8 Å². The van der Waals surface area contributed by atoms with Gasteiger partial charge in [-0.1, -0.05) is 28.9 Å². The van der Waals surface area contributed by atoms with Crippen molar-refractivity contribution in [3.63, 3.8) is 0 Å². The van der Waals surface area contributed by atoms with Crippen molar-refractivity contribution in [1.29, 1.82) is 0 Å². The van der Waals surface area contributed by atoms with E-state index in [9.17, 15) is 4.79 Å². The molecule has 0 saturated heterocycles. The molecule has 0 atom stereocenters. The average molecular weight is 385 g/mol. The van der Waals surface area contributed by atoms with Gasteiger partial charge in [-0.15, -0.1) is 0 Å². The van der Waals surface area contributed by atoms with Crippen LogP contribution in [0.3, 0.4) is 0 Å². The highest BCUT2D eigenvalue weighted by Gasteiger charge is 2.09. The number of aromatic nitrogens is 2. The van der Waals surface area contributed by atoms with Crippen LogP contribution in [0.2, 0.25) is 5.02 Å². The maximum Gasteiger partial charge on any atom is 0.246 e. The van der Waals surface area contributed by atoms with E-state index in [1.54, 1.807) is 12.1 Å². The molecule has 0 aliphatic rings. The molecule has 0 bridgehead atoms. The first-order valence-electron chi connectivity index (χ1n) is 8.70. The van der Waals surface area contributed by atoms with Crippen molar-refractivity contribution >= 4 is 23.2 Å². The van der Waals surface area contributed by atoms with Gasteiger partial charge >= 0.3 is 0 Å². The van der Waals surface area contributed by atoms with Gasteiger partial charge in [-0.2, -0.15) is 4.98 Å². The molecule has 2 aromatic carbocycles. The van der Waals surface area contributed by atoms with Crippen molar-refractivity contribution in [2.24, 2.45) is 0 Å². The number of anilines is 1. The van der Waals surface area contributed by atoms with E-state index < -0.39 is 0 Å². The molecular formula is C20H21ClN4O2. The van der Waals surface area contributed by atoms with E-state index in [4.69, 9.17) is 16.1 Å². The Hall–Kier alpha value is -2.86. The lowest BCUT2D eigenvalue weighted by atomic mass is 10.1. The predicted molar refractivity (Wildman–Crippen MR) is 105 cm³/mol. The zero-order valence-corrected chi connectivity index (χ0v) is 16.0. The molecule has 6 nitrogen and oxygen atoms in total. The number of amides is 1. The minimum atomic E-state index is 0.0197. The number of hydrogen-bond acceptors (Lipinski definition) is 5. The van der Waals surface area contributed by atoms with E-state index in [1.807, 2.05) is 50.2 Å². The molecule has 0 aliphatic carbocycles. The minimum absolute atomic E-state index is 0.0197. The number of carbonyl (C=O) groups is 1. The normalized spacial score (nSPS) is 10.8. The fourth-order valence-corrected chi connectivity index (χ4v) is 2.65. The standard InChI is InChI=1S/C20H21ClN4O2/c1-13(2)23-18(26)11-14-3-9-17(10-4-14)22-12-19-24-20(25-27-19)15-5-7-16(21)8-6-15/h3-10,13,22H,11-12H2,1-2H3,(H,23,26). The topological polar surface area (TPSA) is 80.0 Å². The lowest BCUT2D eigenvalue weighted by Crippen LogP contribution is -2.31. The fraction of sp³-hybridized carbons (Fsp3) is 0.250. The highest BCUT2D eigenvalue weighted by molar-refractivity contribution is 6.30. The fourth-order valence-electron chi connectivity index (χ4n) is 2.52. The van der Waals surface area contributed by atoms with Crippen molar-refractivity contribution in [3.8, 4) is 11.4 Å². The van der Waals surface area contributed by atoms with Gasteiger partial charge in [-0.25, -0.2) is 0 Å². The molecule has 0 unspecified atom stereocenters. The number of rotatable bonds is 7. The third-order valence-electron chi connectivity index (χ3n) is 3.78. The molecule has 0 saturated carbocycles. The third-order valence-corrected chi connectivity index (χ3v) is 4.03. The molecule has 2 N–H and O–H groups in total. The van der Waals surface area contributed by atoms with Gasteiger partial charge in [0.25, 0.3) is 0 Å². The number of carbonyl (C=O) groups excluding carboxylic acids is 1. The summed E-state index contributed by atoms with van der Waals surface area (Å²) in [6.45, 7) is 4.30. The van der Waals surface area contributed by atoms with Crippen molar-refractivity contribution in [2.75, 3.05) is 5.32 Å². The smallest absolute Gasteiger partial charge is 0.246 e. The quantitative estimate of drug-likeness (QED) is 0.641. The lowest BCUT2D eigenvalue weighted by molar-refractivity contribution is -0.120. The second-order valence-electron chi connectivity index (χ2n) is 6.47. The lowest BCUT2D eigenvalue weighted by Gasteiger charge is -2.09. The summed E-state index contributed by atoms with van der Waals surface area (Å²) in [5.74, 6) is 1.03. The number of benzene rings is 2. The second-order valence-corrected chi connectivity index (χ2v) is 6.90. The summed E-state index contributed by atoms with van der Waals surface area (Å²) in [7, 11) is 0. The molecule has 0 radical (unpaired) electrons. The van der Waals surface area contributed by atoms with Gasteiger partial charge < -0.3 is 15.2 Å². The van der Waals surface area contributed by atoms with Crippen LogP contribution in [0.4, 0.5) is 5.69 Å². The summed E-state index contributed by atoms with van der Waals surface area (Å²) in [4.78, 5) is 16.2. The third kappa shape index (κ3) is 5.56. The summed E-state index contributed by atoms with van der Waals surface area (Å²) in [5, 5.41) is 10.8. The number of nitrogens with zero attached hydrogens (tertiary/aromatic N) is 2. The first-order valence-corrected chi connectivity index (χ1v) is 9.08. The monoisotopic (exact) mass is 384 g/mol. The minimum Gasteiger partial charge on any atom is -0.376 e. The number of hydrogen-bond donors (Lipinski definition) is 2. The van der Waals surface area contributed by atoms with Gasteiger partial charge in [-0.3, -0.25) is 4.79 Å². The second kappa shape index (κ2) is 8.68. The van der Waals surface area contributed by atoms with Gasteiger partial charge in [-0.05, 0) is 55.8 Å². The van der Waals surface area contributed by atoms with Crippen LogP contribution in [0.1, 0.15) is 25.3 Å². The Labute approximate surface area is 162 Å². The molecule has 3 aromatic rings. The molecular weight excluding hydrogens is 364 g/mol. The zero-order chi connectivity index (χ0) is 19.2. The summed E-state index contributed by atoms with van der Waals surface area (Å²) < 4.78 is 5.27.